The fraction of sp³-hybridized carbons (Fsp3) is 0.324. The van der Waals surface area contributed by atoms with E-state index in [1.54, 1.807) is 12.1 Å². The standard InChI is InChI=1S/C34H34FN7O4/c1-3-41-22-37-18-26(41)19-42-30-16-24(34(43)44-2)8-9-29(30)39-32(42)20-40-13-11-27(12-14-40)46-33-6-4-5-25(38-33)21-45-31-10-7-23(17-36)15-28(31)35/h4-10,15-16,18,22,27H,3,11-14,19-21H2,1-2H3. The Hall–Kier alpha value is -5.28. The average Bonchev–Trinajstić information content (AvgIpc) is 3.68. The van der Waals surface area contributed by atoms with Gasteiger partial charge in [-0.25, -0.2) is 24.1 Å². The van der Waals surface area contributed by atoms with Crippen LogP contribution in [0.4, 0.5) is 4.39 Å². The van der Waals surface area contributed by atoms with Gasteiger partial charge in [-0.05, 0) is 62.2 Å². The smallest absolute Gasteiger partial charge is 0.337 e. The number of benzene rings is 2. The minimum Gasteiger partial charge on any atom is -0.484 e. The van der Waals surface area contributed by atoms with E-state index >= 15 is 0 Å². The Labute approximate surface area is 265 Å². The molecule has 0 saturated carbocycles. The van der Waals surface area contributed by atoms with E-state index in [9.17, 15) is 9.18 Å². The third-order valence-corrected chi connectivity index (χ3v) is 8.11. The van der Waals surface area contributed by atoms with Crippen LogP contribution in [0.15, 0.2) is 67.1 Å². The Balaban J connectivity index is 1.10. The van der Waals surface area contributed by atoms with Crippen molar-refractivity contribution in [3.63, 3.8) is 0 Å². The summed E-state index contributed by atoms with van der Waals surface area (Å²) in [5.41, 5.74) is 4.07. The number of likely N-dealkylation sites (tertiary alicyclic amines) is 1. The van der Waals surface area contributed by atoms with Crippen LogP contribution in [0.1, 0.15) is 52.9 Å². The fourth-order valence-corrected chi connectivity index (χ4v) is 5.64. The number of piperidine rings is 1. The highest BCUT2D eigenvalue weighted by Gasteiger charge is 2.24. The molecule has 12 heteroatoms. The van der Waals surface area contributed by atoms with Crippen molar-refractivity contribution in [2.24, 2.45) is 0 Å². The van der Waals surface area contributed by atoms with E-state index in [1.165, 1.54) is 19.2 Å². The molecule has 0 amide bonds. The number of aromatic nitrogens is 5. The van der Waals surface area contributed by atoms with Crippen LogP contribution < -0.4 is 9.47 Å². The number of hydrogen-bond donors (Lipinski definition) is 0. The van der Waals surface area contributed by atoms with E-state index in [0.717, 1.165) is 61.1 Å². The number of methoxy groups -OCH3 is 1. The zero-order chi connectivity index (χ0) is 32.0. The van der Waals surface area contributed by atoms with Crippen LogP contribution in [0.25, 0.3) is 11.0 Å². The predicted molar refractivity (Wildman–Crippen MR) is 167 cm³/mol. The van der Waals surface area contributed by atoms with E-state index in [-0.39, 0.29) is 30.0 Å². The zero-order valence-corrected chi connectivity index (χ0v) is 25.7. The van der Waals surface area contributed by atoms with Gasteiger partial charge >= 0.3 is 5.97 Å². The maximum atomic E-state index is 14.2. The SMILES string of the molecule is CCn1cncc1Cn1c(CN2CCC(Oc3cccc(COc4ccc(C#N)cc4F)n3)CC2)nc2ccc(C(=O)OC)cc21. The second-order valence-electron chi connectivity index (χ2n) is 11.1. The van der Waals surface area contributed by atoms with Gasteiger partial charge in [0, 0.05) is 31.9 Å². The molecule has 4 heterocycles. The second kappa shape index (κ2) is 13.8. The molecule has 1 aliphatic rings. The molecular formula is C34H34FN7O4. The van der Waals surface area contributed by atoms with Gasteiger partial charge in [0.05, 0.1) is 66.1 Å². The number of ether oxygens (including phenoxy) is 3. The lowest BCUT2D eigenvalue weighted by Gasteiger charge is -2.31. The van der Waals surface area contributed by atoms with Crippen molar-refractivity contribution in [1.82, 2.24) is 29.0 Å². The van der Waals surface area contributed by atoms with Crippen LogP contribution in [-0.2, 0) is 31.0 Å². The Morgan fingerprint density at radius 3 is 2.70 bits per heavy atom. The van der Waals surface area contributed by atoms with Gasteiger partial charge in [0.25, 0.3) is 0 Å². The van der Waals surface area contributed by atoms with Gasteiger partial charge in [-0.3, -0.25) is 4.90 Å². The van der Waals surface area contributed by atoms with Crippen LogP contribution in [0.5, 0.6) is 11.6 Å². The van der Waals surface area contributed by atoms with Gasteiger partial charge in [0.2, 0.25) is 5.88 Å². The van der Waals surface area contributed by atoms with Crippen molar-refractivity contribution in [3.8, 4) is 17.7 Å². The Morgan fingerprint density at radius 2 is 1.93 bits per heavy atom. The first-order chi connectivity index (χ1) is 22.4. The molecular weight excluding hydrogens is 589 g/mol. The summed E-state index contributed by atoms with van der Waals surface area (Å²) in [4.78, 5) is 28.5. The van der Waals surface area contributed by atoms with Gasteiger partial charge in [-0.1, -0.05) is 6.07 Å². The third-order valence-electron chi connectivity index (χ3n) is 8.11. The number of imidazole rings is 2. The zero-order valence-electron chi connectivity index (χ0n) is 25.7. The molecule has 0 unspecified atom stereocenters. The van der Waals surface area contributed by atoms with E-state index in [0.29, 0.717) is 30.2 Å². The van der Waals surface area contributed by atoms with Crippen LogP contribution in [0.3, 0.4) is 0 Å². The topological polar surface area (TPSA) is 120 Å². The van der Waals surface area contributed by atoms with Crippen molar-refractivity contribution in [2.45, 2.75) is 52.1 Å². The number of nitrogens with zero attached hydrogens (tertiary/aromatic N) is 7. The largest absolute Gasteiger partial charge is 0.484 e. The van der Waals surface area contributed by atoms with Crippen molar-refractivity contribution in [3.05, 3.63) is 101 Å². The molecule has 11 nitrogen and oxygen atoms in total. The molecule has 1 fully saturated rings. The minimum absolute atomic E-state index is 0.00349. The number of hydrogen-bond acceptors (Lipinski definition) is 9. The summed E-state index contributed by atoms with van der Waals surface area (Å²) in [5.74, 6) is 0.494. The number of carbonyl (C=O) groups excluding carboxylic acids is 1. The van der Waals surface area contributed by atoms with E-state index in [2.05, 4.69) is 30.9 Å². The number of pyridine rings is 1. The maximum absolute atomic E-state index is 14.2. The number of halogens is 1. The highest BCUT2D eigenvalue weighted by molar-refractivity contribution is 5.93. The number of esters is 1. The summed E-state index contributed by atoms with van der Waals surface area (Å²) in [6.45, 7) is 5.81. The molecule has 1 aliphatic heterocycles. The first-order valence-electron chi connectivity index (χ1n) is 15.2. The predicted octanol–water partition coefficient (Wildman–Crippen LogP) is 5.12. The summed E-state index contributed by atoms with van der Waals surface area (Å²) in [5, 5.41) is 8.93. The summed E-state index contributed by atoms with van der Waals surface area (Å²) >= 11 is 0. The van der Waals surface area contributed by atoms with Crippen molar-refractivity contribution in [2.75, 3.05) is 20.2 Å². The number of carbonyl (C=O) groups is 1. The lowest BCUT2D eigenvalue weighted by atomic mass is 10.1. The Kier molecular flexibility index (Phi) is 9.21. The Morgan fingerprint density at radius 1 is 1.09 bits per heavy atom. The molecule has 0 spiro atoms. The van der Waals surface area contributed by atoms with Crippen LogP contribution in [0, 0.1) is 17.1 Å². The molecule has 46 heavy (non-hydrogen) atoms. The third kappa shape index (κ3) is 6.84. The average molecular weight is 624 g/mol. The molecule has 2 aromatic carbocycles. The van der Waals surface area contributed by atoms with Gasteiger partial charge in [-0.15, -0.1) is 0 Å². The maximum Gasteiger partial charge on any atom is 0.337 e. The molecule has 0 N–H and O–H groups in total. The normalized spacial score (nSPS) is 13.9. The van der Waals surface area contributed by atoms with Crippen LogP contribution >= 0.6 is 0 Å². The molecule has 1 saturated heterocycles. The Bertz CT molecular complexity index is 1890. The van der Waals surface area contributed by atoms with Crippen LogP contribution in [-0.4, -0.2) is 61.3 Å². The molecule has 0 radical (unpaired) electrons. The molecule has 6 rings (SSSR count). The van der Waals surface area contributed by atoms with Crippen molar-refractivity contribution in [1.29, 1.82) is 5.26 Å². The molecule has 0 bridgehead atoms. The van der Waals surface area contributed by atoms with Gasteiger partial charge in [-0.2, -0.15) is 5.26 Å². The summed E-state index contributed by atoms with van der Waals surface area (Å²) < 4.78 is 35.2. The monoisotopic (exact) mass is 623 g/mol. The summed E-state index contributed by atoms with van der Waals surface area (Å²) in [7, 11) is 1.38. The molecule has 3 aromatic heterocycles. The highest BCUT2D eigenvalue weighted by atomic mass is 19.1. The van der Waals surface area contributed by atoms with E-state index < -0.39 is 5.82 Å². The second-order valence-corrected chi connectivity index (χ2v) is 11.1. The summed E-state index contributed by atoms with van der Waals surface area (Å²) in [6, 6.07) is 16.9. The number of aryl methyl sites for hydroxylation is 1. The first-order valence-corrected chi connectivity index (χ1v) is 15.2. The van der Waals surface area contributed by atoms with Crippen molar-refractivity contribution < 1.29 is 23.4 Å². The number of rotatable bonds is 11. The first kappa shape index (κ1) is 30.7. The van der Waals surface area contributed by atoms with Crippen molar-refractivity contribution >= 4 is 17.0 Å². The van der Waals surface area contributed by atoms with E-state index in [4.69, 9.17) is 24.5 Å². The lowest BCUT2D eigenvalue weighted by molar-refractivity contribution is 0.0601. The van der Waals surface area contributed by atoms with E-state index in [1.807, 2.05) is 42.9 Å². The minimum atomic E-state index is -0.590. The van der Waals surface area contributed by atoms with Crippen LogP contribution in [0.2, 0.25) is 0 Å². The lowest BCUT2D eigenvalue weighted by Crippen LogP contribution is -2.38. The quantitative estimate of drug-likeness (QED) is 0.185. The molecule has 0 aliphatic carbocycles. The van der Waals surface area contributed by atoms with Gasteiger partial charge in [0.15, 0.2) is 11.6 Å². The number of nitriles is 1. The van der Waals surface area contributed by atoms with Gasteiger partial charge < -0.3 is 23.3 Å². The van der Waals surface area contributed by atoms with Gasteiger partial charge in [0.1, 0.15) is 18.5 Å². The molecule has 236 valence electrons. The summed E-state index contributed by atoms with van der Waals surface area (Å²) in [6.07, 6.45) is 5.32. The molecule has 5 aromatic rings. The fourth-order valence-electron chi connectivity index (χ4n) is 5.64. The molecule has 0 atom stereocenters. The number of fused-ring (bicyclic) bond motifs is 1. The highest BCUT2D eigenvalue weighted by Crippen LogP contribution is 2.25.